The van der Waals surface area contributed by atoms with Gasteiger partial charge in [-0.25, -0.2) is 4.98 Å². The molecule has 1 aromatic heterocycles. The fourth-order valence-electron chi connectivity index (χ4n) is 3.63. The van der Waals surface area contributed by atoms with E-state index in [1.165, 1.54) is 11.1 Å². The molecule has 0 aliphatic carbocycles. The molecule has 0 aliphatic heterocycles. The Labute approximate surface area is 187 Å². The smallest absolute Gasteiger partial charge is 0.261 e. The molecule has 0 N–H and O–H groups in total. The van der Waals surface area contributed by atoms with E-state index in [-0.39, 0.29) is 5.56 Å². The van der Waals surface area contributed by atoms with Crippen molar-refractivity contribution in [3.05, 3.63) is 93.2 Å². The molecule has 0 aliphatic rings. The third-order valence-corrected chi connectivity index (χ3v) is 5.80. The molecular formula is C26H25ClN2O2. The molecule has 4 aromatic rings. The van der Waals surface area contributed by atoms with Crippen molar-refractivity contribution >= 4 is 22.5 Å². The summed E-state index contributed by atoms with van der Waals surface area (Å²) in [5, 5.41) is 1.29. The van der Waals surface area contributed by atoms with E-state index in [0.717, 1.165) is 24.2 Å². The van der Waals surface area contributed by atoms with E-state index in [2.05, 4.69) is 19.9 Å². The van der Waals surface area contributed by atoms with Gasteiger partial charge in [-0.05, 0) is 80.3 Å². The lowest BCUT2D eigenvalue weighted by Gasteiger charge is -2.14. The number of rotatable bonds is 7. The number of para-hydroxylation sites is 1. The number of ether oxygens (including phenoxy) is 1. The molecule has 0 radical (unpaired) electrons. The Kier molecular flexibility index (Phi) is 6.38. The summed E-state index contributed by atoms with van der Waals surface area (Å²) in [5.74, 6) is 1.59. The van der Waals surface area contributed by atoms with Gasteiger partial charge in [0.15, 0.2) is 0 Å². The van der Waals surface area contributed by atoms with Crippen molar-refractivity contribution in [1.82, 2.24) is 9.55 Å². The summed E-state index contributed by atoms with van der Waals surface area (Å²) >= 11 is 6.05. The predicted octanol–water partition coefficient (Wildman–Crippen LogP) is 6.19. The summed E-state index contributed by atoms with van der Waals surface area (Å²) in [4.78, 5) is 18.0. The lowest BCUT2D eigenvalue weighted by Crippen LogP contribution is -2.24. The summed E-state index contributed by atoms with van der Waals surface area (Å²) in [6, 6.07) is 21.0. The van der Waals surface area contributed by atoms with Crippen LogP contribution in [0, 0.1) is 13.8 Å². The SMILES string of the molecule is Cc1cccc(OCCCCn2c(-c3ccc(Cl)cc3)nc3ccccc3c2=O)c1C. The Hall–Kier alpha value is -3.11. The van der Waals surface area contributed by atoms with E-state index in [9.17, 15) is 4.79 Å². The fraction of sp³-hybridized carbons (Fsp3) is 0.231. The average Bonchev–Trinajstić information content (AvgIpc) is 2.78. The van der Waals surface area contributed by atoms with Crippen LogP contribution in [-0.4, -0.2) is 16.2 Å². The minimum absolute atomic E-state index is 0.0222. The molecule has 0 amide bonds. The molecule has 0 spiro atoms. The summed E-state index contributed by atoms with van der Waals surface area (Å²) in [5.41, 5.74) is 3.94. The van der Waals surface area contributed by atoms with Crippen molar-refractivity contribution in [3.63, 3.8) is 0 Å². The average molecular weight is 433 g/mol. The highest BCUT2D eigenvalue weighted by atomic mass is 35.5. The normalized spacial score (nSPS) is 11.1. The van der Waals surface area contributed by atoms with Crippen molar-refractivity contribution in [1.29, 1.82) is 0 Å². The Morgan fingerprint density at radius 3 is 2.52 bits per heavy atom. The Bertz CT molecular complexity index is 1260. The van der Waals surface area contributed by atoms with E-state index in [0.29, 0.717) is 34.9 Å². The van der Waals surface area contributed by atoms with Crippen LogP contribution in [0.1, 0.15) is 24.0 Å². The van der Waals surface area contributed by atoms with Crippen LogP contribution in [0.2, 0.25) is 5.02 Å². The zero-order valence-electron chi connectivity index (χ0n) is 17.8. The van der Waals surface area contributed by atoms with Gasteiger partial charge in [0.25, 0.3) is 5.56 Å². The first-order chi connectivity index (χ1) is 15.0. The number of nitrogens with zero attached hydrogens (tertiary/aromatic N) is 2. The lowest BCUT2D eigenvalue weighted by molar-refractivity contribution is 0.301. The van der Waals surface area contributed by atoms with Crippen LogP contribution in [0.5, 0.6) is 5.75 Å². The second-order valence-corrected chi connectivity index (χ2v) is 8.11. The van der Waals surface area contributed by atoms with Crippen molar-refractivity contribution in [2.75, 3.05) is 6.61 Å². The molecule has 31 heavy (non-hydrogen) atoms. The topological polar surface area (TPSA) is 44.1 Å². The zero-order chi connectivity index (χ0) is 21.8. The Morgan fingerprint density at radius 1 is 0.935 bits per heavy atom. The van der Waals surface area contributed by atoms with Crippen LogP contribution in [0.25, 0.3) is 22.3 Å². The molecule has 158 valence electrons. The van der Waals surface area contributed by atoms with Crippen molar-refractivity contribution in [3.8, 4) is 17.1 Å². The van der Waals surface area contributed by atoms with Crippen LogP contribution in [-0.2, 0) is 6.54 Å². The van der Waals surface area contributed by atoms with Gasteiger partial charge in [-0.1, -0.05) is 35.9 Å². The maximum Gasteiger partial charge on any atom is 0.261 e. The molecule has 0 saturated heterocycles. The number of halogens is 1. The van der Waals surface area contributed by atoms with E-state index in [1.807, 2.05) is 60.7 Å². The largest absolute Gasteiger partial charge is 0.493 e. The van der Waals surface area contributed by atoms with Gasteiger partial charge in [0.1, 0.15) is 11.6 Å². The molecule has 4 rings (SSSR count). The quantitative estimate of drug-likeness (QED) is 0.327. The highest BCUT2D eigenvalue weighted by Crippen LogP contribution is 2.23. The number of fused-ring (bicyclic) bond motifs is 1. The van der Waals surface area contributed by atoms with Gasteiger partial charge in [-0.15, -0.1) is 0 Å². The van der Waals surface area contributed by atoms with E-state index in [1.54, 1.807) is 4.57 Å². The number of unbranched alkanes of at least 4 members (excludes halogenated alkanes) is 1. The van der Waals surface area contributed by atoms with E-state index in [4.69, 9.17) is 21.3 Å². The monoisotopic (exact) mass is 432 g/mol. The minimum atomic E-state index is -0.0222. The van der Waals surface area contributed by atoms with E-state index < -0.39 is 0 Å². The maximum absolute atomic E-state index is 13.2. The van der Waals surface area contributed by atoms with Crippen molar-refractivity contribution in [2.45, 2.75) is 33.2 Å². The van der Waals surface area contributed by atoms with Gasteiger partial charge >= 0.3 is 0 Å². The zero-order valence-corrected chi connectivity index (χ0v) is 18.5. The summed E-state index contributed by atoms with van der Waals surface area (Å²) in [7, 11) is 0. The summed E-state index contributed by atoms with van der Waals surface area (Å²) < 4.78 is 7.73. The third kappa shape index (κ3) is 4.64. The van der Waals surface area contributed by atoms with Gasteiger partial charge in [0, 0.05) is 17.1 Å². The molecule has 0 atom stereocenters. The van der Waals surface area contributed by atoms with Crippen LogP contribution in [0.15, 0.2) is 71.5 Å². The van der Waals surface area contributed by atoms with Crippen LogP contribution >= 0.6 is 11.6 Å². The molecule has 1 heterocycles. The first kappa shape index (κ1) is 21.1. The van der Waals surface area contributed by atoms with Gasteiger partial charge in [0.2, 0.25) is 0 Å². The van der Waals surface area contributed by atoms with Crippen molar-refractivity contribution < 1.29 is 4.74 Å². The third-order valence-electron chi connectivity index (χ3n) is 5.55. The van der Waals surface area contributed by atoms with Gasteiger partial charge in [0.05, 0.1) is 17.5 Å². The highest BCUT2D eigenvalue weighted by molar-refractivity contribution is 6.30. The highest BCUT2D eigenvalue weighted by Gasteiger charge is 2.12. The van der Waals surface area contributed by atoms with Gasteiger partial charge in [-0.3, -0.25) is 9.36 Å². The molecule has 4 nitrogen and oxygen atoms in total. The van der Waals surface area contributed by atoms with Crippen LogP contribution in [0.4, 0.5) is 0 Å². The number of hydrogen-bond donors (Lipinski definition) is 0. The minimum Gasteiger partial charge on any atom is -0.493 e. The number of hydrogen-bond acceptors (Lipinski definition) is 3. The molecular weight excluding hydrogens is 408 g/mol. The first-order valence-electron chi connectivity index (χ1n) is 10.5. The molecule has 3 aromatic carbocycles. The number of aryl methyl sites for hydroxylation is 1. The molecule has 0 unspecified atom stereocenters. The standard InChI is InChI=1S/C26H25ClN2O2/c1-18-8-7-11-24(19(18)2)31-17-6-5-16-29-25(20-12-14-21(27)15-13-20)28-23-10-4-3-9-22(23)26(29)30/h3-4,7-15H,5-6,16-17H2,1-2H3. The van der Waals surface area contributed by atoms with Crippen LogP contribution < -0.4 is 10.3 Å². The van der Waals surface area contributed by atoms with Gasteiger partial charge < -0.3 is 4.74 Å². The molecule has 0 saturated carbocycles. The lowest BCUT2D eigenvalue weighted by atomic mass is 10.1. The molecule has 5 heteroatoms. The summed E-state index contributed by atoms with van der Waals surface area (Å²) in [6.07, 6.45) is 1.65. The van der Waals surface area contributed by atoms with Gasteiger partial charge in [-0.2, -0.15) is 0 Å². The van der Waals surface area contributed by atoms with Crippen LogP contribution in [0.3, 0.4) is 0 Å². The predicted molar refractivity (Wildman–Crippen MR) is 127 cm³/mol. The molecule has 0 bridgehead atoms. The molecule has 0 fully saturated rings. The second-order valence-electron chi connectivity index (χ2n) is 7.67. The second kappa shape index (κ2) is 9.36. The fourth-order valence-corrected chi connectivity index (χ4v) is 3.76. The number of benzene rings is 3. The summed E-state index contributed by atoms with van der Waals surface area (Å²) in [6.45, 7) is 5.34. The van der Waals surface area contributed by atoms with E-state index >= 15 is 0 Å². The first-order valence-corrected chi connectivity index (χ1v) is 10.9. The Morgan fingerprint density at radius 2 is 1.71 bits per heavy atom. The Balaban J connectivity index is 1.54. The number of aromatic nitrogens is 2. The maximum atomic E-state index is 13.2. The van der Waals surface area contributed by atoms with Crippen molar-refractivity contribution in [2.24, 2.45) is 0 Å².